The number of rotatable bonds is 1. The first-order chi connectivity index (χ1) is 9.08. The molecule has 2 heterocycles. The fourth-order valence-electron chi connectivity index (χ4n) is 2.95. The Labute approximate surface area is 120 Å². The molecule has 1 atom stereocenters. The zero-order chi connectivity index (χ0) is 13.5. The van der Waals surface area contributed by atoms with Gasteiger partial charge in [-0.25, -0.2) is 0 Å². The highest BCUT2D eigenvalue weighted by Crippen LogP contribution is 2.37. The van der Waals surface area contributed by atoms with Gasteiger partial charge in [0.15, 0.2) is 0 Å². The van der Waals surface area contributed by atoms with Crippen LogP contribution in [0.5, 0.6) is 0 Å². The molecule has 3 rings (SSSR count). The second-order valence-electron chi connectivity index (χ2n) is 5.44. The minimum Gasteiger partial charge on any atom is -0.355 e. The molecule has 4 nitrogen and oxygen atoms in total. The van der Waals surface area contributed by atoms with E-state index in [1.165, 1.54) is 0 Å². The van der Waals surface area contributed by atoms with E-state index in [0.29, 0.717) is 25.1 Å². The third-order valence-electron chi connectivity index (χ3n) is 3.99. The van der Waals surface area contributed by atoms with E-state index in [1.807, 2.05) is 29.2 Å². The lowest BCUT2D eigenvalue weighted by molar-refractivity contribution is -0.119. The SMILES string of the molecule is O=C1CC2(CCN(C(=O)c3cccc(Br)c3)C2)CN1. The summed E-state index contributed by atoms with van der Waals surface area (Å²) in [5.74, 6) is 0.161. The van der Waals surface area contributed by atoms with Crippen LogP contribution in [0.4, 0.5) is 0 Å². The number of halogens is 1. The summed E-state index contributed by atoms with van der Waals surface area (Å²) in [7, 11) is 0. The van der Waals surface area contributed by atoms with Crippen molar-refractivity contribution in [3.05, 3.63) is 34.3 Å². The number of nitrogens with one attached hydrogen (secondary N) is 1. The number of carbonyl (C=O) groups is 2. The Morgan fingerprint density at radius 1 is 1.42 bits per heavy atom. The first kappa shape index (κ1) is 12.7. The van der Waals surface area contributed by atoms with Gasteiger partial charge in [-0.2, -0.15) is 0 Å². The van der Waals surface area contributed by atoms with Gasteiger partial charge in [0.25, 0.3) is 5.91 Å². The van der Waals surface area contributed by atoms with E-state index in [-0.39, 0.29) is 17.2 Å². The molecule has 100 valence electrons. The van der Waals surface area contributed by atoms with Crippen molar-refractivity contribution in [2.24, 2.45) is 5.41 Å². The second-order valence-corrected chi connectivity index (χ2v) is 6.36. The van der Waals surface area contributed by atoms with Crippen LogP contribution in [-0.4, -0.2) is 36.3 Å². The van der Waals surface area contributed by atoms with Crippen molar-refractivity contribution in [1.29, 1.82) is 0 Å². The number of nitrogens with zero attached hydrogens (tertiary/aromatic N) is 1. The zero-order valence-electron chi connectivity index (χ0n) is 10.5. The lowest BCUT2D eigenvalue weighted by Crippen LogP contribution is -2.33. The molecule has 1 aromatic rings. The van der Waals surface area contributed by atoms with Crippen molar-refractivity contribution < 1.29 is 9.59 Å². The number of amides is 2. The van der Waals surface area contributed by atoms with Crippen molar-refractivity contribution in [3.63, 3.8) is 0 Å². The first-order valence-corrected chi connectivity index (χ1v) is 7.19. The second kappa shape index (κ2) is 4.63. The zero-order valence-corrected chi connectivity index (χ0v) is 12.1. The smallest absolute Gasteiger partial charge is 0.253 e. The molecule has 2 aliphatic heterocycles. The molecule has 2 aliphatic rings. The molecule has 5 heteroatoms. The van der Waals surface area contributed by atoms with Gasteiger partial charge in [0.1, 0.15) is 0 Å². The number of hydrogen-bond acceptors (Lipinski definition) is 2. The van der Waals surface area contributed by atoms with Crippen LogP contribution in [0.1, 0.15) is 23.2 Å². The average molecular weight is 323 g/mol. The fraction of sp³-hybridized carbons (Fsp3) is 0.429. The number of likely N-dealkylation sites (tertiary alicyclic amines) is 1. The Morgan fingerprint density at radius 2 is 2.26 bits per heavy atom. The fourth-order valence-corrected chi connectivity index (χ4v) is 3.35. The predicted octanol–water partition coefficient (Wildman–Crippen LogP) is 1.80. The molecular weight excluding hydrogens is 308 g/mol. The van der Waals surface area contributed by atoms with Gasteiger partial charge in [0.05, 0.1) is 0 Å². The Kier molecular flexibility index (Phi) is 3.09. The molecule has 0 saturated carbocycles. The average Bonchev–Trinajstić information content (AvgIpc) is 2.96. The Hall–Kier alpha value is -1.36. The van der Waals surface area contributed by atoms with Crippen molar-refractivity contribution >= 4 is 27.7 Å². The summed E-state index contributed by atoms with van der Waals surface area (Å²) in [4.78, 5) is 25.7. The molecule has 0 aromatic heterocycles. The summed E-state index contributed by atoms with van der Waals surface area (Å²) in [6.45, 7) is 2.12. The van der Waals surface area contributed by atoms with Gasteiger partial charge in [-0.1, -0.05) is 22.0 Å². The highest BCUT2D eigenvalue weighted by Gasteiger charge is 2.45. The lowest BCUT2D eigenvalue weighted by Gasteiger charge is -2.21. The molecule has 19 heavy (non-hydrogen) atoms. The monoisotopic (exact) mass is 322 g/mol. The Bertz CT molecular complexity index is 546. The van der Waals surface area contributed by atoms with Gasteiger partial charge >= 0.3 is 0 Å². The molecule has 1 N–H and O–H groups in total. The van der Waals surface area contributed by atoms with Gasteiger partial charge in [-0.05, 0) is 24.6 Å². The summed E-state index contributed by atoms with van der Waals surface area (Å²) in [6, 6.07) is 7.44. The van der Waals surface area contributed by atoms with Gasteiger partial charge in [0.2, 0.25) is 5.91 Å². The van der Waals surface area contributed by atoms with Crippen LogP contribution in [0.25, 0.3) is 0 Å². The molecule has 1 unspecified atom stereocenters. The van der Waals surface area contributed by atoms with Gasteiger partial charge in [0, 0.05) is 41.5 Å². The van der Waals surface area contributed by atoms with Crippen LogP contribution < -0.4 is 5.32 Å². The van der Waals surface area contributed by atoms with E-state index in [2.05, 4.69) is 21.2 Å². The molecule has 1 spiro atoms. The lowest BCUT2D eigenvalue weighted by atomic mass is 9.86. The standard InChI is InChI=1S/C14H15BrN2O2/c15-11-3-1-2-10(6-11)13(19)17-5-4-14(9-17)7-12(18)16-8-14/h1-3,6H,4-5,7-9H2,(H,16,18). The van der Waals surface area contributed by atoms with Gasteiger partial charge in [-0.3, -0.25) is 9.59 Å². The molecular formula is C14H15BrN2O2. The quantitative estimate of drug-likeness (QED) is 0.857. The van der Waals surface area contributed by atoms with Crippen molar-refractivity contribution in [3.8, 4) is 0 Å². The molecule has 0 aliphatic carbocycles. The summed E-state index contributed by atoms with van der Waals surface area (Å²) in [5, 5.41) is 2.88. The molecule has 2 saturated heterocycles. The first-order valence-electron chi connectivity index (χ1n) is 6.40. The van der Waals surface area contributed by atoms with Crippen LogP contribution in [-0.2, 0) is 4.79 Å². The van der Waals surface area contributed by atoms with Crippen molar-refractivity contribution in [1.82, 2.24) is 10.2 Å². The molecule has 1 aromatic carbocycles. The summed E-state index contributed by atoms with van der Waals surface area (Å²) in [5.41, 5.74) is 0.669. The van der Waals surface area contributed by atoms with E-state index >= 15 is 0 Å². The van der Waals surface area contributed by atoms with Crippen LogP contribution in [0.3, 0.4) is 0 Å². The number of hydrogen-bond donors (Lipinski definition) is 1. The third-order valence-corrected chi connectivity index (χ3v) is 4.49. The maximum Gasteiger partial charge on any atom is 0.253 e. The number of carbonyl (C=O) groups excluding carboxylic acids is 2. The van der Waals surface area contributed by atoms with E-state index in [1.54, 1.807) is 0 Å². The summed E-state index contributed by atoms with van der Waals surface area (Å²) in [6.07, 6.45) is 1.46. The molecule has 2 amide bonds. The highest BCUT2D eigenvalue weighted by molar-refractivity contribution is 9.10. The normalized spacial score (nSPS) is 25.9. The molecule has 2 fully saturated rings. The summed E-state index contributed by atoms with van der Waals surface area (Å²) >= 11 is 3.38. The van der Waals surface area contributed by atoms with E-state index in [4.69, 9.17) is 0 Å². The Balaban J connectivity index is 1.74. The van der Waals surface area contributed by atoms with Crippen LogP contribution in [0.2, 0.25) is 0 Å². The van der Waals surface area contributed by atoms with E-state index in [0.717, 1.165) is 17.4 Å². The predicted molar refractivity (Wildman–Crippen MR) is 74.7 cm³/mol. The highest BCUT2D eigenvalue weighted by atomic mass is 79.9. The largest absolute Gasteiger partial charge is 0.355 e. The maximum absolute atomic E-state index is 12.4. The minimum absolute atomic E-state index is 0.0290. The van der Waals surface area contributed by atoms with E-state index in [9.17, 15) is 9.59 Å². The Morgan fingerprint density at radius 3 is 2.95 bits per heavy atom. The van der Waals surface area contributed by atoms with Gasteiger partial charge in [-0.15, -0.1) is 0 Å². The summed E-state index contributed by atoms with van der Waals surface area (Å²) < 4.78 is 0.907. The van der Waals surface area contributed by atoms with Crippen LogP contribution in [0.15, 0.2) is 28.7 Å². The van der Waals surface area contributed by atoms with Crippen molar-refractivity contribution in [2.75, 3.05) is 19.6 Å². The number of benzene rings is 1. The van der Waals surface area contributed by atoms with Crippen LogP contribution in [0, 0.1) is 5.41 Å². The minimum atomic E-state index is -0.0290. The van der Waals surface area contributed by atoms with E-state index < -0.39 is 0 Å². The topological polar surface area (TPSA) is 49.4 Å². The van der Waals surface area contributed by atoms with Gasteiger partial charge < -0.3 is 10.2 Å². The maximum atomic E-state index is 12.4. The van der Waals surface area contributed by atoms with Crippen LogP contribution >= 0.6 is 15.9 Å². The molecule has 0 bridgehead atoms. The molecule has 0 radical (unpaired) electrons. The van der Waals surface area contributed by atoms with Crippen molar-refractivity contribution in [2.45, 2.75) is 12.8 Å². The third kappa shape index (κ3) is 2.39.